The SMILES string of the molecule is CC[C@@H](C)c1ccccc1N1C[C@@H](C(=O)Nc2ccccc2N2CCCC2)CC1=O. The lowest BCUT2D eigenvalue weighted by molar-refractivity contribution is -0.122. The molecule has 0 bridgehead atoms. The highest BCUT2D eigenvalue weighted by molar-refractivity contribution is 6.04. The summed E-state index contributed by atoms with van der Waals surface area (Å²) < 4.78 is 0. The molecule has 2 aliphatic rings. The first kappa shape index (κ1) is 20.5. The second kappa shape index (κ2) is 8.90. The highest BCUT2D eigenvalue weighted by atomic mass is 16.2. The largest absolute Gasteiger partial charge is 0.370 e. The molecule has 158 valence electrons. The maximum Gasteiger partial charge on any atom is 0.229 e. The van der Waals surface area contributed by atoms with E-state index in [-0.39, 0.29) is 24.2 Å². The fraction of sp³-hybridized carbons (Fsp3) is 0.440. The summed E-state index contributed by atoms with van der Waals surface area (Å²) in [6.07, 6.45) is 3.64. The Morgan fingerprint density at radius 3 is 2.47 bits per heavy atom. The number of nitrogens with zero attached hydrogens (tertiary/aromatic N) is 2. The molecule has 5 nitrogen and oxygen atoms in total. The number of benzene rings is 2. The number of hydrogen-bond donors (Lipinski definition) is 1. The molecule has 2 atom stereocenters. The molecule has 0 radical (unpaired) electrons. The van der Waals surface area contributed by atoms with E-state index in [2.05, 4.69) is 36.2 Å². The maximum absolute atomic E-state index is 13.1. The van der Waals surface area contributed by atoms with Gasteiger partial charge in [-0.05, 0) is 48.9 Å². The van der Waals surface area contributed by atoms with Crippen molar-refractivity contribution in [2.45, 2.75) is 45.4 Å². The molecule has 2 heterocycles. The van der Waals surface area contributed by atoms with Crippen molar-refractivity contribution in [3.8, 4) is 0 Å². The standard InChI is InChI=1S/C25H31N3O2/c1-3-18(2)20-10-4-6-12-22(20)28-17-19(16-24(28)29)25(30)26-21-11-5-7-13-23(21)27-14-8-9-15-27/h4-7,10-13,18-19H,3,8-9,14-17H2,1-2H3,(H,26,30)/t18-,19+/m1/s1. The average molecular weight is 406 g/mol. The molecule has 0 saturated carbocycles. The molecule has 0 unspecified atom stereocenters. The molecule has 2 aromatic rings. The Hall–Kier alpha value is -2.82. The molecule has 2 aromatic carbocycles. The lowest BCUT2D eigenvalue weighted by atomic mass is 9.96. The second-order valence-corrected chi connectivity index (χ2v) is 8.47. The van der Waals surface area contributed by atoms with Crippen LogP contribution < -0.4 is 15.1 Å². The van der Waals surface area contributed by atoms with Crippen molar-refractivity contribution in [2.75, 3.05) is 34.8 Å². The zero-order valence-corrected chi connectivity index (χ0v) is 17.9. The third-order valence-corrected chi connectivity index (χ3v) is 6.48. The molecule has 2 aliphatic heterocycles. The number of nitrogens with one attached hydrogen (secondary N) is 1. The maximum atomic E-state index is 13.1. The summed E-state index contributed by atoms with van der Waals surface area (Å²) >= 11 is 0. The molecule has 30 heavy (non-hydrogen) atoms. The van der Waals surface area contributed by atoms with Gasteiger partial charge in [0.15, 0.2) is 0 Å². The van der Waals surface area contributed by atoms with E-state index >= 15 is 0 Å². The molecule has 0 aliphatic carbocycles. The van der Waals surface area contributed by atoms with E-state index < -0.39 is 0 Å². The number of para-hydroxylation sites is 3. The van der Waals surface area contributed by atoms with Crippen LogP contribution in [0.1, 0.15) is 51.0 Å². The zero-order chi connectivity index (χ0) is 21.1. The molecular formula is C25H31N3O2. The van der Waals surface area contributed by atoms with E-state index in [1.807, 2.05) is 36.4 Å². The van der Waals surface area contributed by atoms with Gasteiger partial charge in [0.05, 0.1) is 17.3 Å². The lowest BCUT2D eigenvalue weighted by Crippen LogP contribution is -2.29. The quantitative estimate of drug-likeness (QED) is 0.752. The third-order valence-electron chi connectivity index (χ3n) is 6.48. The van der Waals surface area contributed by atoms with Gasteiger partial charge in [-0.3, -0.25) is 9.59 Å². The Bertz CT molecular complexity index is 920. The van der Waals surface area contributed by atoms with Gasteiger partial charge in [0.25, 0.3) is 0 Å². The van der Waals surface area contributed by atoms with Crippen molar-refractivity contribution >= 4 is 28.9 Å². The molecule has 4 rings (SSSR count). The lowest BCUT2D eigenvalue weighted by Gasteiger charge is -2.24. The van der Waals surface area contributed by atoms with Crippen LogP contribution in [-0.4, -0.2) is 31.4 Å². The minimum atomic E-state index is -0.339. The number of carbonyl (C=O) groups excluding carboxylic acids is 2. The van der Waals surface area contributed by atoms with Crippen LogP contribution in [0.15, 0.2) is 48.5 Å². The third kappa shape index (κ3) is 4.07. The van der Waals surface area contributed by atoms with Crippen LogP contribution >= 0.6 is 0 Å². The first-order valence-electron chi connectivity index (χ1n) is 11.1. The molecular weight excluding hydrogens is 374 g/mol. The summed E-state index contributed by atoms with van der Waals surface area (Å²) in [5.74, 6) is -0.0133. The minimum Gasteiger partial charge on any atom is -0.370 e. The molecule has 2 saturated heterocycles. The molecule has 2 amide bonds. The summed E-state index contributed by atoms with van der Waals surface area (Å²) in [6, 6.07) is 16.1. The van der Waals surface area contributed by atoms with E-state index in [0.717, 1.165) is 36.6 Å². The molecule has 0 spiro atoms. The van der Waals surface area contributed by atoms with Crippen molar-refractivity contribution in [1.29, 1.82) is 0 Å². The Kier molecular flexibility index (Phi) is 6.07. The zero-order valence-electron chi connectivity index (χ0n) is 17.9. The van der Waals surface area contributed by atoms with Crippen molar-refractivity contribution in [1.82, 2.24) is 0 Å². The van der Waals surface area contributed by atoms with E-state index in [1.165, 1.54) is 18.4 Å². The average Bonchev–Trinajstić information content (AvgIpc) is 3.43. The first-order valence-corrected chi connectivity index (χ1v) is 11.1. The first-order chi connectivity index (χ1) is 14.6. The monoisotopic (exact) mass is 405 g/mol. The highest BCUT2D eigenvalue weighted by Crippen LogP contribution is 2.34. The Labute approximate surface area is 179 Å². The van der Waals surface area contributed by atoms with Crippen molar-refractivity contribution in [3.05, 3.63) is 54.1 Å². The number of amides is 2. The van der Waals surface area contributed by atoms with Crippen molar-refractivity contribution < 1.29 is 9.59 Å². The van der Waals surface area contributed by atoms with E-state index in [1.54, 1.807) is 4.90 Å². The second-order valence-electron chi connectivity index (χ2n) is 8.47. The van der Waals surface area contributed by atoms with Gasteiger partial charge in [0.2, 0.25) is 11.8 Å². The molecule has 0 aromatic heterocycles. The normalized spacial score (nSPS) is 19.9. The van der Waals surface area contributed by atoms with Crippen molar-refractivity contribution in [2.24, 2.45) is 5.92 Å². The number of rotatable bonds is 6. The van der Waals surface area contributed by atoms with E-state index in [9.17, 15) is 9.59 Å². The molecule has 2 fully saturated rings. The van der Waals surface area contributed by atoms with Crippen LogP contribution in [-0.2, 0) is 9.59 Å². The summed E-state index contributed by atoms with van der Waals surface area (Å²) in [6.45, 7) is 6.81. The topological polar surface area (TPSA) is 52.7 Å². The van der Waals surface area contributed by atoms with Crippen LogP contribution in [0.25, 0.3) is 0 Å². The van der Waals surface area contributed by atoms with Gasteiger partial charge >= 0.3 is 0 Å². The summed E-state index contributed by atoms with van der Waals surface area (Å²) in [5, 5.41) is 3.11. The predicted molar refractivity (Wildman–Crippen MR) is 122 cm³/mol. The van der Waals surface area contributed by atoms with Gasteiger partial charge in [-0.2, -0.15) is 0 Å². The fourth-order valence-electron chi connectivity index (χ4n) is 4.53. The van der Waals surface area contributed by atoms with E-state index in [4.69, 9.17) is 0 Å². The summed E-state index contributed by atoms with van der Waals surface area (Å²) in [5.41, 5.74) is 4.04. The van der Waals surface area contributed by atoms with Gasteiger partial charge in [0, 0.05) is 31.7 Å². The van der Waals surface area contributed by atoms with Crippen LogP contribution in [0.5, 0.6) is 0 Å². The van der Waals surface area contributed by atoms with Gasteiger partial charge in [0.1, 0.15) is 0 Å². The fourth-order valence-corrected chi connectivity index (χ4v) is 4.53. The number of anilines is 3. The van der Waals surface area contributed by atoms with Crippen LogP contribution in [0.2, 0.25) is 0 Å². The van der Waals surface area contributed by atoms with E-state index in [0.29, 0.717) is 12.5 Å². The van der Waals surface area contributed by atoms with Crippen LogP contribution in [0, 0.1) is 5.92 Å². The number of hydrogen-bond acceptors (Lipinski definition) is 3. The highest BCUT2D eigenvalue weighted by Gasteiger charge is 2.36. The van der Waals surface area contributed by atoms with Gasteiger partial charge in [-0.15, -0.1) is 0 Å². The van der Waals surface area contributed by atoms with Gasteiger partial charge in [-0.25, -0.2) is 0 Å². The van der Waals surface area contributed by atoms with Crippen LogP contribution in [0.3, 0.4) is 0 Å². The summed E-state index contributed by atoms with van der Waals surface area (Å²) in [4.78, 5) is 30.0. The van der Waals surface area contributed by atoms with Gasteiger partial charge < -0.3 is 15.1 Å². The predicted octanol–water partition coefficient (Wildman–Crippen LogP) is 4.79. The molecule has 1 N–H and O–H groups in total. The Morgan fingerprint density at radius 2 is 1.73 bits per heavy atom. The van der Waals surface area contributed by atoms with Crippen molar-refractivity contribution in [3.63, 3.8) is 0 Å². The summed E-state index contributed by atoms with van der Waals surface area (Å²) in [7, 11) is 0. The minimum absolute atomic E-state index is 0.0266. The molecule has 5 heteroatoms. The Balaban J connectivity index is 1.50. The van der Waals surface area contributed by atoms with Crippen LogP contribution in [0.4, 0.5) is 17.1 Å². The Morgan fingerprint density at radius 1 is 1.07 bits per heavy atom. The van der Waals surface area contributed by atoms with Gasteiger partial charge in [-0.1, -0.05) is 44.2 Å². The smallest absolute Gasteiger partial charge is 0.229 e. The number of carbonyl (C=O) groups is 2.